The second kappa shape index (κ2) is 4.95. The second-order valence-corrected chi connectivity index (χ2v) is 4.23. The van der Waals surface area contributed by atoms with E-state index in [0.717, 1.165) is 5.56 Å². The molecule has 0 radical (unpaired) electrons. The van der Waals surface area contributed by atoms with Gasteiger partial charge in [0.25, 0.3) is 0 Å². The van der Waals surface area contributed by atoms with E-state index in [1.807, 2.05) is 19.9 Å². The lowest BCUT2D eigenvalue weighted by molar-refractivity contribution is 0.546. The Morgan fingerprint density at radius 3 is 2.33 bits per heavy atom. The zero-order chi connectivity index (χ0) is 11.4. The Bertz CT molecular complexity index is 375. The summed E-state index contributed by atoms with van der Waals surface area (Å²) >= 11 is 0. The van der Waals surface area contributed by atoms with Gasteiger partial charge in [-0.05, 0) is 44.4 Å². The summed E-state index contributed by atoms with van der Waals surface area (Å²) in [6.45, 7) is 8.25. The third kappa shape index (κ3) is 3.07. The van der Waals surface area contributed by atoms with Crippen LogP contribution in [0.5, 0.6) is 0 Å². The first-order valence-corrected chi connectivity index (χ1v) is 5.27. The van der Waals surface area contributed by atoms with Crippen molar-refractivity contribution in [1.29, 1.82) is 5.26 Å². The van der Waals surface area contributed by atoms with Gasteiger partial charge in [0.15, 0.2) is 0 Å². The Kier molecular flexibility index (Phi) is 3.88. The maximum atomic E-state index is 9.08. The monoisotopic (exact) mass is 202 g/mol. The average Bonchev–Trinajstić information content (AvgIpc) is 2.18. The van der Waals surface area contributed by atoms with Crippen molar-refractivity contribution in [3.8, 4) is 6.07 Å². The number of rotatable bonds is 3. The lowest BCUT2D eigenvalue weighted by Crippen LogP contribution is -2.27. The molecule has 2 heteroatoms. The highest BCUT2D eigenvalue weighted by Gasteiger charge is 2.11. The zero-order valence-electron chi connectivity index (χ0n) is 9.83. The van der Waals surface area contributed by atoms with Gasteiger partial charge in [0.05, 0.1) is 6.07 Å². The van der Waals surface area contributed by atoms with Crippen LogP contribution in [0.1, 0.15) is 36.6 Å². The predicted molar refractivity (Wildman–Crippen MR) is 62.5 cm³/mol. The summed E-state index contributed by atoms with van der Waals surface area (Å²) in [6, 6.07) is 8.56. The molecule has 1 unspecified atom stereocenters. The fourth-order valence-electron chi connectivity index (χ4n) is 1.49. The molecule has 1 aromatic carbocycles. The van der Waals surface area contributed by atoms with Gasteiger partial charge in [-0.1, -0.05) is 18.2 Å². The number of aryl methyl sites for hydroxylation is 2. The van der Waals surface area contributed by atoms with Gasteiger partial charge in [0.1, 0.15) is 6.04 Å². The Morgan fingerprint density at radius 2 is 1.87 bits per heavy atom. The number of hydrogen-bond acceptors (Lipinski definition) is 2. The number of hydrogen-bond donors (Lipinski definition) is 1. The normalized spacial score (nSPS) is 12.5. The summed E-state index contributed by atoms with van der Waals surface area (Å²) in [7, 11) is 0. The summed E-state index contributed by atoms with van der Waals surface area (Å²) in [6.07, 6.45) is 0. The summed E-state index contributed by atoms with van der Waals surface area (Å²) in [5, 5.41) is 12.3. The molecular formula is C13H18N2. The van der Waals surface area contributed by atoms with Gasteiger partial charge in [-0.3, -0.25) is 5.32 Å². The minimum absolute atomic E-state index is 0.204. The minimum Gasteiger partial charge on any atom is -0.296 e. The molecule has 0 fully saturated rings. The molecule has 1 aromatic rings. The van der Waals surface area contributed by atoms with Crippen molar-refractivity contribution in [2.45, 2.75) is 39.8 Å². The number of nitrogens with one attached hydrogen (secondary N) is 1. The first kappa shape index (κ1) is 11.7. The Labute approximate surface area is 91.9 Å². The SMILES string of the molecule is Cc1ccc(C(C#N)NC(C)C)cc1C. The molecule has 0 aromatic heterocycles. The van der Waals surface area contributed by atoms with E-state index in [0.29, 0.717) is 6.04 Å². The van der Waals surface area contributed by atoms with Gasteiger partial charge in [0.2, 0.25) is 0 Å². The van der Waals surface area contributed by atoms with Gasteiger partial charge in [-0.2, -0.15) is 5.26 Å². The zero-order valence-corrected chi connectivity index (χ0v) is 9.83. The van der Waals surface area contributed by atoms with E-state index in [1.165, 1.54) is 11.1 Å². The molecule has 0 amide bonds. The van der Waals surface area contributed by atoms with Crippen molar-refractivity contribution in [2.75, 3.05) is 0 Å². The van der Waals surface area contributed by atoms with Crippen LogP contribution in [0.2, 0.25) is 0 Å². The first-order chi connectivity index (χ1) is 7.04. The Morgan fingerprint density at radius 1 is 1.20 bits per heavy atom. The van der Waals surface area contributed by atoms with Crippen molar-refractivity contribution < 1.29 is 0 Å². The van der Waals surface area contributed by atoms with Crippen molar-refractivity contribution in [2.24, 2.45) is 0 Å². The van der Waals surface area contributed by atoms with Crippen LogP contribution in [0.4, 0.5) is 0 Å². The standard InChI is InChI=1S/C13H18N2/c1-9(2)15-13(8-14)12-6-5-10(3)11(4)7-12/h5-7,9,13,15H,1-4H3. The van der Waals surface area contributed by atoms with Crippen LogP contribution < -0.4 is 5.32 Å². The molecule has 0 aliphatic carbocycles. The predicted octanol–water partition coefficient (Wildman–Crippen LogP) is 2.87. The topological polar surface area (TPSA) is 35.8 Å². The largest absolute Gasteiger partial charge is 0.296 e. The average molecular weight is 202 g/mol. The van der Waals surface area contributed by atoms with Gasteiger partial charge in [-0.25, -0.2) is 0 Å². The van der Waals surface area contributed by atoms with E-state index in [1.54, 1.807) is 0 Å². The van der Waals surface area contributed by atoms with Crippen molar-refractivity contribution in [1.82, 2.24) is 5.32 Å². The van der Waals surface area contributed by atoms with Crippen molar-refractivity contribution in [3.05, 3.63) is 34.9 Å². The highest BCUT2D eigenvalue weighted by molar-refractivity contribution is 5.33. The van der Waals surface area contributed by atoms with E-state index < -0.39 is 0 Å². The van der Waals surface area contributed by atoms with Crippen LogP contribution in [-0.2, 0) is 0 Å². The lowest BCUT2D eigenvalue weighted by Gasteiger charge is -2.15. The van der Waals surface area contributed by atoms with Crippen LogP contribution in [0.15, 0.2) is 18.2 Å². The maximum Gasteiger partial charge on any atom is 0.121 e. The molecule has 1 N–H and O–H groups in total. The van der Waals surface area contributed by atoms with Gasteiger partial charge in [0, 0.05) is 6.04 Å². The fraction of sp³-hybridized carbons (Fsp3) is 0.462. The molecule has 15 heavy (non-hydrogen) atoms. The summed E-state index contributed by atoms with van der Waals surface area (Å²) < 4.78 is 0. The van der Waals surface area contributed by atoms with E-state index in [-0.39, 0.29) is 6.04 Å². The Hall–Kier alpha value is -1.33. The fourth-order valence-corrected chi connectivity index (χ4v) is 1.49. The van der Waals surface area contributed by atoms with Crippen molar-refractivity contribution >= 4 is 0 Å². The number of nitriles is 1. The molecule has 0 spiro atoms. The quantitative estimate of drug-likeness (QED) is 0.818. The molecule has 0 bridgehead atoms. The van der Waals surface area contributed by atoms with Gasteiger partial charge >= 0.3 is 0 Å². The molecule has 80 valence electrons. The molecule has 1 rings (SSSR count). The van der Waals surface area contributed by atoms with Crippen LogP contribution in [-0.4, -0.2) is 6.04 Å². The second-order valence-electron chi connectivity index (χ2n) is 4.23. The number of nitrogens with zero attached hydrogens (tertiary/aromatic N) is 1. The molecule has 0 aliphatic heterocycles. The van der Waals surface area contributed by atoms with E-state index in [4.69, 9.17) is 5.26 Å². The first-order valence-electron chi connectivity index (χ1n) is 5.27. The Balaban J connectivity index is 2.94. The van der Waals surface area contributed by atoms with Crippen molar-refractivity contribution in [3.63, 3.8) is 0 Å². The summed E-state index contributed by atoms with van der Waals surface area (Å²) in [5.41, 5.74) is 3.55. The maximum absolute atomic E-state index is 9.08. The third-order valence-corrected chi connectivity index (χ3v) is 2.49. The summed E-state index contributed by atoms with van der Waals surface area (Å²) in [5.74, 6) is 0. The molecule has 0 saturated carbocycles. The molecule has 2 nitrogen and oxygen atoms in total. The smallest absolute Gasteiger partial charge is 0.121 e. The third-order valence-electron chi connectivity index (χ3n) is 2.49. The molecule has 0 aliphatic rings. The van der Waals surface area contributed by atoms with Crippen LogP contribution in [0, 0.1) is 25.2 Å². The minimum atomic E-state index is -0.204. The van der Waals surface area contributed by atoms with E-state index in [2.05, 4.69) is 37.4 Å². The highest BCUT2D eigenvalue weighted by atomic mass is 14.9. The molecule has 0 heterocycles. The van der Waals surface area contributed by atoms with Gasteiger partial charge in [-0.15, -0.1) is 0 Å². The molecule has 1 atom stereocenters. The highest BCUT2D eigenvalue weighted by Crippen LogP contribution is 2.17. The molecule has 0 saturated heterocycles. The van der Waals surface area contributed by atoms with Gasteiger partial charge < -0.3 is 0 Å². The van der Waals surface area contributed by atoms with Crippen LogP contribution in [0.3, 0.4) is 0 Å². The lowest BCUT2D eigenvalue weighted by atomic mass is 10.0. The van der Waals surface area contributed by atoms with Crippen LogP contribution in [0.25, 0.3) is 0 Å². The van der Waals surface area contributed by atoms with Crippen LogP contribution >= 0.6 is 0 Å². The number of benzene rings is 1. The summed E-state index contributed by atoms with van der Waals surface area (Å²) in [4.78, 5) is 0. The van der Waals surface area contributed by atoms with E-state index >= 15 is 0 Å². The van der Waals surface area contributed by atoms with E-state index in [9.17, 15) is 0 Å². The molecular weight excluding hydrogens is 184 g/mol.